The Morgan fingerprint density at radius 3 is 2.63 bits per heavy atom. The zero-order valence-electron chi connectivity index (χ0n) is 15.0. The Morgan fingerprint density at radius 2 is 2.00 bits per heavy atom. The Balaban J connectivity index is 0.000000659. The van der Waals surface area contributed by atoms with Crippen molar-refractivity contribution in [1.82, 2.24) is 29.9 Å². The quantitative estimate of drug-likeness (QED) is 0.681. The summed E-state index contributed by atoms with van der Waals surface area (Å²) in [7, 11) is 0. The van der Waals surface area contributed by atoms with Crippen LogP contribution in [0.15, 0.2) is 36.4 Å². The third-order valence-corrected chi connectivity index (χ3v) is 4.31. The smallest absolute Gasteiger partial charge is 0.290 e. The fourth-order valence-corrected chi connectivity index (χ4v) is 3.11. The van der Waals surface area contributed by atoms with Crippen LogP contribution in [0.3, 0.4) is 0 Å². The Labute approximate surface area is 155 Å². The van der Waals surface area contributed by atoms with Gasteiger partial charge in [-0.15, -0.1) is 10.2 Å². The number of rotatable bonds is 3. The topological polar surface area (TPSA) is 117 Å². The third-order valence-electron chi connectivity index (χ3n) is 4.31. The maximum absolute atomic E-state index is 12.8. The number of nitrogens with zero attached hydrogens (tertiary/aromatic N) is 5. The third kappa shape index (κ3) is 3.71. The summed E-state index contributed by atoms with van der Waals surface area (Å²) in [6.45, 7) is 4.59. The van der Waals surface area contributed by atoms with E-state index in [1.54, 1.807) is 0 Å². The van der Waals surface area contributed by atoms with E-state index >= 15 is 0 Å². The van der Waals surface area contributed by atoms with Crippen LogP contribution in [0, 0.1) is 6.92 Å². The van der Waals surface area contributed by atoms with Crippen molar-refractivity contribution in [2.75, 3.05) is 0 Å². The molecule has 0 unspecified atom stereocenters. The molecule has 3 heterocycles. The summed E-state index contributed by atoms with van der Waals surface area (Å²) in [4.78, 5) is 23.0. The predicted molar refractivity (Wildman–Crippen MR) is 96.4 cm³/mol. The van der Waals surface area contributed by atoms with Gasteiger partial charge in [0.1, 0.15) is 11.7 Å². The minimum Gasteiger partial charge on any atom is -0.483 e. The molecule has 0 aliphatic carbocycles. The van der Waals surface area contributed by atoms with Gasteiger partial charge >= 0.3 is 0 Å². The molecule has 2 N–H and O–H groups in total. The average Bonchev–Trinajstić information content (AvgIpc) is 3.27. The number of aromatic nitrogens is 5. The van der Waals surface area contributed by atoms with Crippen LogP contribution in [0.25, 0.3) is 11.5 Å². The van der Waals surface area contributed by atoms with Crippen LogP contribution in [0.1, 0.15) is 30.0 Å². The van der Waals surface area contributed by atoms with Crippen molar-refractivity contribution >= 4 is 12.4 Å². The lowest BCUT2D eigenvalue weighted by Crippen LogP contribution is -2.41. The highest BCUT2D eigenvalue weighted by atomic mass is 16.3. The van der Waals surface area contributed by atoms with Crippen molar-refractivity contribution in [3.63, 3.8) is 0 Å². The standard InChI is InChI=1S/C17H18N6O.CH2O2/c1-11-8-14(19-18-11)16-21-20-15-10-22(17(24)12(2)23(15)16)9-13-6-4-3-5-7-13;2-1-3/h3-8,12H,9-10H2,1-2H3,(H,18,19);1H,(H,2,3)/t12-;/m1./s1. The highest BCUT2D eigenvalue weighted by Crippen LogP contribution is 2.28. The van der Waals surface area contributed by atoms with Crippen LogP contribution in [-0.2, 0) is 22.7 Å². The van der Waals surface area contributed by atoms with E-state index in [9.17, 15) is 4.79 Å². The zero-order valence-corrected chi connectivity index (χ0v) is 15.0. The minimum atomic E-state index is -0.348. The van der Waals surface area contributed by atoms with E-state index in [1.807, 2.05) is 59.7 Å². The van der Waals surface area contributed by atoms with E-state index in [4.69, 9.17) is 9.90 Å². The first-order chi connectivity index (χ1) is 13.0. The monoisotopic (exact) mass is 368 g/mol. The molecule has 2 aromatic heterocycles. The van der Waals surface area contributed by atoms with Gasteiger partial charge in [0.25, 0.3) is 6.47 Å². The molecular weight excluding hydrogens is 348 g/mol. The lowest BCUT2D eigenvalue weighted by atomic mass is 10.1. The number of aromatic amines is 1. The summed E-state index contributed by atoms with van der Waals surface area (Å²) >= 11 is 0. The largest absolute Gasteiger partial charge is 0.483 e. The van der Waals surface area contributed by atoms with Gasteiger partial charge in [0.05, 0.1) is 6.54 Å². The van der Waals surface area contributed by atoms with Gasteiger partial charge in [0.2, 0.25) is 5.91 Å². The molecular formula is C18H20N6O3. The Kier molecular flexibility index (Phi) is 5.30. The van der Waals surface area contributed by atoms with E-state index in [0.717, 1.165) is 17.1 Å². The van der Waals surface area contributed by atoms with E-state index in [1.165, 1.54) is 0 Å². The van der Waals surface area contributed by atoms with Crippen LogP contribution in [0.4, 0.5) is 0 Å². The van der Waals surface area contributed by atoms with Gasteiger partial charge in [0.15, 0.2) is 11.6 Å². The van der Waals surface area contributed by atoms with E-state index in [0.29, 0.717) is 24.6 Å². The molecule has 27 heavy (non-hydrogen) atoms. The van der Waals surface area contributed by atoms with Crippen LogP contribution in [0.2, 0.25) is 0 Å². The molecule has 0 bridgehead atoms. The van der Waals surface area contributed by atoms with Crippen molar-refractivity contribution in [3.05, 3.63) is 53.5 Å². The second kappa shape index (κ2) is 7.81. The predicted octanol–water partition coefficient (Wildman–Crippen LogP) is 1.78. The van der Waals surface area contributed by atoms with Crippen molar-refractivity contribution in [3.8, 4) is 11.5 Å². The summed E-state index contributed by atoms with van der Waals surface area (Å²) in [5, 5.41) is 22.6. The number of fused-ring (bicyclic) bond motifs is 1. The number of benzene rings is 1. The number of hydrogen-bond donors (Lipinski definition) is 2. The van der Waals surface area contributed by atoms with Gasteiger partial charge in [-0.1, -0.05) is 30.3 Å². The first kappa shape index (κ1) is 18.3. The summed E-state index contributed by atoms with van der Waals surface area (Å²) in [5.74, 6) is 1.49. The number of nitrogens with one attached hydrogen (secondary N) is 1. The summed E-state index contributed by atoms with van der Waals surface area (Å²) in [5.41, 5.74) is 2.76. The van der Waals surface area contributed by atoms with Gasteiger partial charge in [0, 0.05) is 12.2 Å². The molecule has 0 fully saturated rings. The fourth-order valence-electron chi connectivity index (χ4n) is 3.11. The molecule has 9 nitrogen and oxygen atoms in total. The van der Waals surface area contributed by atoms with E-state index < -0.39 is 0 Å². The molecule has 0 saturated carbocycles. The van der Waals surface area contributed by atoms with Crippen LogP contribution >= 0.6 is 0 Å². The zero-order chi connectivity index (χ0) is 19.4. The normalized spacial score (nSPS) is 15.7. The van der Waals surface area contributed by atoms with Crippen molar-refractivity contribution in [2.45, 2.75) is 33.0 Å². The summed E-state index contributed by atoms with van der Waals surface area (Å²) < 4.78 is 1.89. The van der Waals surface area contributed by atoms with Crippen molar-refractivity contribution in [1.29, 1.82) is 0 Å². The maximum atomic E-state index is 12.8. The highest BCUT2D eigenvalue weighted by molar-refractivity contribution is 5.81. The second-order valence-electron chi connectivity index (χ2n) is 6.21. The molecule has 1 aliphatic rings. The maximum Gasteiger partial charge on any atom is 0.290 e. The number of H-pyrrole nitrogens is 1. The number of aryl methyl sites for hydroxylation is 1. The van der Waals surface area contributed by atoms with E-state index in [-0.39, 0.29) is 18.4 Å². The van der Waals surface area contributed by atoms with Crippen molar-refractivity contribution in [2.24, 2.45) is 0 Å². The van der Waals surface area contributed by atoms with Crippen molar-refractivity contribution < 1.29 is 14.7 Å². The number of hydrogen-bond acceptors (Lipinski definition) is 5. The Hall–Kier alpha value is -3.49. The molecule has 140 valence electrons. The summed E-state index contributed by atoms with van der Waals surface area (Å²) in [6, 6.07) is 11.5. The molecule has 1 aromatic carbocycles. The van der Waals surface area contributed by atoms with Gasteiger partial charge in [-0.25, -0.2) is 0 Å². The summed E-state index contributed by atoms with van der Waals surface area (Å²) in [6.07, 6.45) is 0. The number of carboxylic acid groups (broad SMARTS) is 1. The molecule has 3 aromatic rings. The SMILES string of the molecule is Cc1cc(-c2nnc3n2[C@H](C)C(=O)N(Cc2ccccc2)C3)n[nH]1.O=CO. The highest BCUT2D eigenvalue weighted by Gasteiger charge is 2.33. The first-order valence-corrected chi connectivity index (χ1v) is 8.42. The van der Waals surface area contributed by atoms with Gasteiger partial charge in [-0.2, -0.15) is 5.10 Å². The molecule has 0 saturated heterocycles. The number of amides is 1. The molecule has 9 heteroatoms. The first-order valence-electron chi connectivity index (χ1n) is 8.42. The van der Waals surface area contributed by atoms with Crippen LogP contribution in [-0.4, -0.2) is 47.3 Å². The molecule has 1 aliphatic heterocycles. The lowest BCUT2D eigenvalue weighted by Gasteiger charge is -2.32. The molecule has 0 radical (unpaired) electrons. The molecule has 4 rings (SSSR count). The Bertz CT molecular complexity index is 934. The van der Waals surface area contributed by atoms with Gasteiger partial charge < -0.3 is 10.0 Å². The number of carbonyl (C=O) groups is 2. The molecule has 1 atom stereocenters. The molecule has 0 spiro atoms. The van der Waals surface area contributed by atoms with E-state index in [2.05, 4.69) is 20.4 Å². The minimum absolute atomic E-state index is 0.0691. The Morgan fingerprint density at radius 1 is 1.30 bits per heavy atom. The molecule has 1 amide bonds. The second-order valence-corrected chi connectivity index (χ2v) is 6.21. The lowest BCUT2D eigenvalue weighted by molar-refractivity contribution is -0.137. The van der Waals surface area contributed by atoms with Gasteiger partial charge in [-0.3, -0.25) is 19.3 Å². The van der Waals surface area contributed by atoms with Crippen LogP contribution in [0.5, 0.6) is 0 Å². The fraction of sp³-hybridized carbons (Fsp3) is 0.278. The van der Waals surface area contributed by atoms with Crippen LogP contribution < -0.4 is 0 Å². The van der Waals surface area contributed by atoms with Gasteiger partial charge in [-0.05, 0) is 25.5 Å². The number of carbonyl (C=O) groups excluding carboxylic acids is 1. The average molecular weight is 368 g/mol.